The van der Waals surface area contributed by atoms with E-state index >= 15 is 0 Å². The Balaban J connectivity index is 1.63. The van der Waals surface area contributed by atoms with Crippen LogP contribution in [-0.4, -0.2) is 11.7 Å². The Morgan fingerprint density at radius 1 is 1.05 bits per heavy atom. The van der Waals surface area contributed by atoms with Crippen LogP contribution in [0.4, 0.5) is 0 Å². The van der Waals surface area contributed by atoms with E-state index in [1.165, 1.54) is 24.8 Å². The number of rotatable bonds is 5. The third-order valence-corrected chi connectivity index (χ3v) is 4.02. The van der Waals surface area contributed by atoms with E-state index < -0.39 is 6.10 Å². The minimum Gasteiger partial charge on any atom is -0.491 e. The quantitative estimate of drug-likeness (QED) is 0.886. The van der Waals surface area contributed by atoms with Crippen LogP contribution in [-0.2, 0) is 0 Å². The van der Waals surface area contributed by atoms with Crippen LogP contribution >= 0.6 is 0 Å². The second-order valence-corrected chi connectivity index (χ2v) is 5.44. The zero-order valence-corrected chi connectivity index (χ0v) is 11.5. The van der Waals surface area contributed by atoms with E-state index in [0.717, 1.165) is 11.3 Å². The number of ether oxygens (including phenoxy) is 1. The minimum atomic E-state index is -0.574. The van der Waals surface area contributed by atoms with Crippen LogP contribution < -0.4 is 4.74 Å². The molecule has 1 atom stereocenters. The molecule has 2 nitrogen and oxygen atoms in total. The third-order valence-electron chi connectivity index (χ3n) is 4.02. The van der Waals surface area contributed by atoms with E-state index in [9.17, 15) is 5.11 Å². The molecule has 0 aromatic heterocycles. The summed E-state index contributed by atoms with van der Waals surface area (Å²) in [7, 11) is 0. The fourth-order valence-corrected chi connectivity index (χ4v) is 2.55. The third kappa shape index (κ3) is 3.02. The number of para-hydroxylation sites is 1. The van der Waals surface area contributed by atoms with Crippen molar-refractivity contribution in [3.8, 4) is 5.75 Å². The fraction of sp³-hybridized carbons (Fsp3) is 0.333. The Morgan fingerprint density at radius 3 is 2.55 bits per heavy atom. The van der Waals surface area contributed by atoms with Gasteiger partial charge in [0.05, 0.1) is 0 Å². The lowest BCUT2D eigenvalue weighted by Gasteiger charge is -2.26. The van der Waals surface area contributed by atoms with Crippen LogP contribution in [0.3, 0.4) is 0 Å². The number of benzene rings is 2. The van der Waals surface area contributed by atoms with E-state index in [1.807, 2.05) is 42.5 Å². The molecule has 1 saturated carbocycles. The van der Waals surface area contributed by atoms with Crippen molar-refractivity contribution in [2.75, 3.05) is 6.61 Å². The van der Waals surface area contributed by atoms with Gasteiger partial charge in [-0.25, -0.2) is 0 Å². The predicted octanol–water partition coefficient (Wildman–Crippen LogP) is 4.07. The normalized spacial score (nSPS) is 16.4. The van der Waals surface area contributed by atoms with Gasteiger partial charge in [-0.15, -0.1) is 0 Å². The maximum atomic E-state index is 10.3. The van der Waals surface area contributed by atoms with Crippen LogP contribution in [0.2, 0.25) is 0 Å². The molecule has 2 aromatic carbocycles. The molecule has 0 bridgehead atoms. The maximum Gasteiger partial charge on any atom is 0.119 e. The van der Waals surface area contributed by atoms with Gasteiger partial charge in [-0.2, -0.15) is 0 Å². The number of aliphatic hydroxyl groups is 1. The largest absolute Gasteiger partial charge is 0.491 e. The highest BCUT2D eigenvalue weighted by atomic mass is 16.5. The Labute approximate surface area is 120 Å². The summed E-state index contributed by atoms with van der Waals surface area (Å²) in [5.74, 6) is 1.49. The Kier molecular flexibility index (Phi) is 4.03. The van der Waals surface area contributed by atoms with Gasteiger partial charge in [0, 0.05) is 0 Å². The molecule has 0 saturated heterocycles. The summed E-state index contributed by atoms with van der Waals surface area (Å²) in [5, 5.41) is 10.3. The molecule has 104 valence electrons. The van der Waals surface area contributed by atoms with Gasteiger partial charge in [-0.05, 0) is 42.0 Å². The molecule has 2 heteroatoms. The summed E-state index contributed by atoms with van der Waals surface area (Å²) < 4.78 is 5.61. The van der Waals surface area contributed by atoms with Gasteiger partial charge in [0.25, 0.3) is 0 Å². The monoisotopic (exact) mass is 268 g/mol. The average Bonchev–Trinajstić information content (AvgIpc) is 2.44. The highest BCUT2D eigenvalue weighted by molar-refractivity contribution is 5.29. The van der Waals surface area contributed by atoms with Crippen molar-refractivity contribution in [2.45, 2.75) is 31.3 Å². The van der Waals surface area contributed by atoms with Crippen LogP contribution in [0, 0.1) is 0 Å². The van der Waals surface area contributed by atoms with Crippen molar-refractivity contribution in [3.63, 3.8) is 0 Å². The summed E-state index contributed by atoms with van der Waals surface area (Å²) >= 11 is 0. The number of aliphatic hydroxyl groups excluding tert-OH is 1. The van der Waals surface area contributed by atoms with Gasteiger partial charge >= 0.3 is 0 Å². The minimum absolute atomic E-state index is 0.290. The first kappa shape index (κ1) is 13.2. The maximum absolute atomic E-state index is 10.3. The molecule has 1 N–H and O–H groups in total. The van der Waals surface area contributed by atoms with Gasteiger partial charge in [0.2, 0.25) is 0 Å². The zero-order valence-electron chi connectivity index (χ0n) is 11.5. The number of hydrogen-bond donors (Lipinski definition) is 1. The highest BCUT2D eigenvalue weighted by Gasteiger charge is 2.20. The van der Waals surface area contributed by atoms with Gasteiger partial charge in [-0.3, -0.25) is 0 Å². The lowest BCUT2D eigenvalue weighted by molar-refractivity contribution is 0.108. The van der Waals surface area contributed by atoms with Crippen LogP contribution in [0.1, 0.15) is 42.4 Å². The zero-order chi connectivity index (χ0) is 13.8. The topological polar surface area (TPSA) is 29.5 Å². The summed E-state index contributed by atoms with van der Waals surface area (Å²) in [4.78, 5) is 0. The Bertz CT molecular complexity index is 546. The van der Waals surface area contributed by atoms with Crippen LogP contribution in [0.25, 0.3) is 0 Å². The molecule has 3 rings (SSSR count). The van der Waals surface area contributed by atoms with E-state index in [0.29, 0.717) is 5.92 Å². The smallest absolute Gasteiger partial charge is 0.119 e. The van der Waals surface area contributed by atoms with E-state index in [4.69, 9.17) is 4.74 Å². The van der Waals surface area contributed by atoms with E-state index in [-0.39, 0.29) is 6.61 Å². The molecule has 20 heavy (non-hydrogen) atoms. The predicted molar refractivity (Wildman–Crippen MR) is 79.9 cm³/mol. The van der Waals surface area contributed by atoms with Crippen molar-refractivity contribution in [3.05, 3.63) is 65.7 Å². The average molecular weight is 268 g/mol. The molecule has 0 heterocycles. The standard InChI is InChI=1S/C18H20O2/c19-18(13-20-17-10-2-1-3-11-17)16-9-5-8-15(12-16)14-6-4-7-14/h1-3,5,8-12,14,18-19H,4,6-7,13H2. The lowest BCUT2D eigenvalue weighted by atomic mass is 9.79. The van der Waals surface area contributed by atoms with E-state index in [1.54, 1.807) is 0 Å². The van der Waals surface area contributed by atoms with Gasteiger partial charge in [-0.1, -0.05) is 48.9 Å². The SMILES string of the molecule is OC(COc1ccccc1)c1cccc(C2CCC2)c1. The Hall–Kier alpha value is -1.80. The summed E-state index contributed by atoms with van der Waals surface area (Å²) in [6, 6.07) is 17.9. The van der Waals surface area contributed by atoms with Gasteiger partial charge in [0.1, 0.15) is 18.5 Å². The molecular weight excluding hydrogens is 248 g/mol. The second-order valence-electron chi connectivity index (χ2n) is 5.44. The Morgan fingerprint density at radius 2 is 1.85 bits per heavy atom. The molecule has 1 aliphatic carbocycles. The number of hydrogen-bond acceptors (Lipinski definition) is 2. The van der Waals surface area contributed by atoms with Crippen molar-refractivity contribution >= 4 is 0 Å². The van der Waals surface area contributed by atoms with Crippen molar-refractivity contribution in [2.24, 2.45) is 0 Å². The summed E-state index contributed by atoms with van der Waals surface area (Å²) in [6.45, 7) is 0.290. The van der Waals surface area contributed by atoms with Gasteiger partial charge in [0.15, 0.2) is 0 Å². The van der Waals surface area contributed by atoms with Crippen LogP contribution in [0.15, 0.2) is 54.6 Å². The van der Waals surface area contributed by atoms with Crippen molar-refractivity contribution in [1.29, 1.82) is 0 Å². The van der Waals surface area contributed by atoms with Crippen molar-refractivity contribution in [1.82, 2.24) is 0 Å². The lowest BCUT2D eigenvalue weighted by Crippen LogP contribution is -2.12. The molecule has 1 unspecified atom stereocenters. The first-order valence-corrected chi connectivity index (χ1v) is 7.29. The molecule has 1 aliphatic rings. The first-order chi connectivity index (χ1) is 9.83. The van der Waals surface area contributed by atoms with Crippen LogP contribution in [0.5, 0.6) is 5.75 Å². The van der Waals surface area contributed by atoms with Gasteiger partial charge < -0.3 is 9.84 Å². The summed E-state index contributed by atoms with van der Waals surface area (Å²) in [5.41, 5.74) is 2.30. The molecular formula is C18H20O2. The fourth-order valence-electron chi connectivity index (χ4n) is 2.55. The second kappa shape index (κ2) is 6.10. The molecule has 1 fully saturated rings. The summed E-state index contributed by atoms with van der Waals surface area (Å²) in [6.07, 6.45) is 3.31. The first-order valence-electron chi connectivity index (χ1n) is 7.29. The van der Waals surface area contributed by atoms with E-state index in [2.05, 4.69) is 12.1 Å². The molecule has 0 aliphatic heterocycles. The highest BCUT2D eigenvalue weighted by Crippen LogP contribution is 2.37. The molecule has 0 spiro atoms. The molecule has 0 amide bonds. The molecule has 0 radical (unpaired) electrons. The molecule has 2 aromatic rings. The van der Waals surface area contributed by atoms with Crippen molar-refractivity contribution < 1.29 is 9.84 Å².